The van der Waals surface area contributed by atoms with Crippen LogP contribution in [-0.4, -0.2) is 53.2 Å². The van der Waals surface area contributed by atoms with E-state index in [1.807, 2.05) is 6.92 Å². The summed E-state index contributed by atoms with van der Waals surface area (Å²) in [5.41, 5.74) is -1.17. The number of carbonyl (C=O) groups excluding carboxylic acids is 1. The Morgan fingerprint density at radius 2 is 1.76 bits per heavy atom. The maximum absolute atomic E-state index is 12.0. The molecule has 1 heterocycles. The third kappa shape index (κ3) is 5.19. The summed E-state index contributed by atoms with van der Waals surface area (Å²) >= 11 is 0. The number of nitrogens with one attached hydrogen (secondary N) is 2. The monoisotopic (exact) mass is 299 g/mol. The second-order valence-electron chi connectivity index (χ2n) is 5.96. The highest BCUT2D eigenvalue weighted by atomic mass is 16.4. The number of urea groups is 1. The Hall–Kier alpha value is -1.30. The van der Waals surface area contributed by atoms with E-state index in [1.165, 1.54) is 19.3 Å². The summed E-state index contributed by atoms with van der Waals surface area (Å²) in [6.45, 7) is 8.47. The number of carboxylic acids is 1. The minimum atomic E-state index is -1.17. The fourth-order valence-corrected chi connectivity index (χ4v) is 2.83. The minimum absolute atomic E-state index is 0.00306. The lowest BCUT2D eigenvalue weighted by atomic mass is 9.93. The van der Waals surface area contributed by atoms with E-state index in [0.29, 0.717) is 12.8 Å². The van der Waals surface area contributed by atoms with Crippen LogP contribution in [0, 0.1) is 0 Å². The van der Waals surface area contributed by atoms with E-state index >= 15 is 0 Å². The van der Waals surface area contributed by atoms with Gasteiger partial charge in [-0.05, 0) is 45.7 Å². The van der Waals surface area contributed by atoms with Crippen molar-refractivity contribution in [1.29, 1.82) is 0 Å². The average Bonchev–Trinajstić information content (AvgIpc) is 2.45. The van der Waals surface area contributed by atoms with Gasteiger partial charge in [0.1, 0.15) is 5.54 Å². The predicted molar refractivity (Wildman–Crippen MR) is 82.4 cm³/mol. The Balaban J connectivity index is 2.45. The first-order valence-corrected chi connectivity index (χ1v) is 7.98. The molecule has 2 amide bonds. The summed E-state index contributed by atoms with van der Waals surface area (Å²) in [6.07, 6.45) is 4.45. The topological polar surface area (TPSA) is 81.7 Å². The van der Waals surface area contributed by atoms with Gasteiger partial charge in [-0.3, -0.25) is 0 Å². The van der Waals surface area contributed by atoms with Crippen molar-refractivity contribution in [2.75, 3.05) is 19.6 Å². The number of aliphatic carboxylic acids is 1. The normalized spacial score (nSPS) is 18.0. The number of nitrogens with zero attached hydrogens (tertiary/aromatic N) is 1. The lowest BCUT2D eigenvalue weighted by Crippen LogP contribution is -2.58. The van der Waals surface area contributed by atoms with Gasteiger partial charge in [-0.2, -0.15) is 0 Å². The maximum atomic E-state index is 12.0. The number of amides is 2. The predicted octanol–water partition coefficient (Wildman–Crippen LogP) is 1.80. The zero-order chi connectivity index (χ0) is 15.9. The highest BCUT2D eigenvalue weighted by Gasteiger charge is 2.36. The summed E-state index contributed by atoms with van der Waals surface area (Å²) < 4.78 is 0. The largest absolute Gasteiger partial charge is 0.480 e. The summed E-state index contributed by atoms with van der Waals surface area (Å²) in [5, 5.41) is 14.8. The molecule has 1 rings (SSSR count). The van der Waals surface area contributed by atoms with E-state index in [0.717, 1.165) is 19.6 Å². The molecule has 1 aliphatic rings. The molecule has 0 aliphatic carbocycles. The molecular formula is C15H29N3O3. The highest BCUT2D eigenvalue weighted by Crippen LogP contribution is 2.15. The third-order valence-corrected chi connectivity index (χ3v) is 4.33. The van der Waals surface area contributed by atoms with Crippen molar-refractivity contribution in [3.63, 3.8) is 0 Å². The third-order valence-electron chi connectivity index (χ3n) is 4.33. The number of hydrogen-bond acceptors (Lipinski definition) is 3. The first kappa shape index (κ1) is 17.8. The van der Waals surface area contributed by atoms with E-state index < -0.39 is 17.5 Å². The van der Waals surface area contributed by atoms with Crippen LogP contribution < -0.4 is 10.6 Å². The standard InChI is InChI=1S/C15H29N3O3/c1-4-15(5-2,13(19)20)17-14(21)16-12(3)11-18-9-7-6-8-10-18/h12H,4-11H2,1-3H3,(H,19,20)(H2,16,17,21). The van der Waals surface area contributed by atoms with Crippen molar-refractivity contribution in [2.45, 2.75) is 64.5 Å². The van der Waals surface area contributed by atoms with Gasteiger partial charge >= 0.3 is 12.0 Å². The van der Waals surface area contributed by atoms with Crippen LogP contribution in [0.25, 0.3) is 0 Å². The Labute approximate surface area is 127 Å². The average molecular weight is 299 g/mol. The second kappa shape index (κ2) is 8.22. The molecule has 0 aromatic rings. The Morgan fingerprint density at radius 1 is 1.19 bits per heavy atom. The highest BCUT2D eigenvalue weighted by molar-refractivity contribution is 5.86. The van der Waals surface area contributed by atoms with Gasteiger partial charge in [0.25, 0.3) is 0 Å². The van der Waals surface area contributed by atoms with Gasteiger partial charge in [0.2, 0.25) is 0 Å². The van der Waals surface area contributed by atoms with Crippen LogP contribution in [0.2, 0.25) is 0 Å². The van der Waals surface area contributed by atoms with Gasteiger partial charge in [-0.1, -0.05) is 20.3 Å². The van der Waals surface area contributed by atoms with Gasteiger partial charge in [0, 0.05) is 12.6 Å². The molecule has 1 aliphatic heterocycles. The van der Waals surface area contributed by atoms with Gasteiger partial charge in [-0.15, -0.1) is 0 Å². The number of piperidine rings is 1. The van der Waals surface area contributed by atoms with Crippen molar-refractivity contribution < 1.29 is 14.7 Å². The molecule has 1 saturated heterocycles. The van der Waals surface area contributed by atoms with Crippen LogP contribution in [0.5, 0.6) is 0 Å². The summed E-state index contributed by atoms with van der Waals surface area (Å²) in [7, 11) is 0. The van der Waals surface area contributed by atoms with Crippen molar-refractivity contribution >= 4 is 12.0 Å². The summed E-state index contributed by atoms with van der Waals surface area (Å²) in [5.74, 6) is -0.980. The SMILES string of the molecule is CCC(CC)(NC(=O)NC(C)CN1CCCCC1)C(=O)O. The molecule has 1 unspecified atom stereocenters. The van der Waals surface area contributed by atoms with Crippen LogP contribution in [0.1, 0.15) is 52.9 Å². The molecule has 0 aromatic heterocycles. The lowest BCUT2D eigenvalue weighted by molar-refractivity contribution is -0.144. The molecule has 21 heavy (non-hydrogen) atoms. The van der Waals surface area contributed by atoms with Crippen molar-refractivity contribution in [1.82, 2.24) is 15.5 Å². The molecule has 0 saturated carbocycles. The molecule has 1 fully saturated rings. The van der Waals surface area contributed by atoms with E-state index in [9.17, 15) is 14.7 Å². The van der Waals surface area contributed by atoms with Gasteiger partial charge in [-0.25, -0.2) is 9.59 Å². The van der Waals surface area contributed by atoms with E-state index in [2.05, 4.69) is 15.5 Å². The van der Waals surface area contributed by atoms with E-state index in [1.54, 1.807) is 13.8 Å². The van der Waals surface area contributed by atoms with Crippen LogP contribution in [-0.2, 0) is 4.79 Å². The molecule has 6 nitrogen and oxygen atoms in total. The number of carbonyl (C=O) groups is 2. The zero-order valence-electron chi connectivity index (χ0n) is 13.4. The first-order valence-electron chi connectivity index (χ1n) is 7.98. The molecule has 0 bridgehead atoms. The maximum Gasteiger partial charge on any atom is 0.329 e. The Kier molecular flexibility index (Phi) is 6.95. The van der Waals surface area contributed by atoms with Gasteiger partial charge in [0.05, 0.1) is 0 Å². The number of carboxylic acid groups (broad SMARTS) is 1. The van der Waals surface area contributed by atoms with Crippen molar-refractivity contribution in [2.24, 2.45) is 0 Å². The second-order valence-corrected chi connectivity index (χ2v) is 5.96. The molecular weight excluding hydrogens is 270 g/mol. The van der Waals surface area contributed by atoms with Gasteiger partial charge in [0.15, 0.2) is 0 Å². The van der Waals surface area contributed by atoms with E-state index in [-0.39, 0.29) is 6.04 Å². The quantitative estimate of drug-likeness (QED) is 0.669. The fourth-order valence-electron chi connectivity index (χ4n) is 2.83. The van der Waals surface area contributed by atoms with Crippen LogP contribution in [0.15, 0.2) is 0 Å². The van der Waals surface area contributed by atoms with Crippen molar-refractivity contribution in [3.8, 4) is 0 Å². The molecule has 3 N–H and O–H groups in total. The van der Waals surface area contributed by atoms with Crippen molar-refractivity contribution in [3.05, 3.63) is 0 Å². The molecule has 0 spiro atoms. The fraction of sp³-hybridized carbons (Fsp3) is 0.867. The zero-order valence-corrected chi connectivity index (χ0v) is 13.4. The molecule has 1 atom stereocenters. The van der Waals surface area contributed by atoms with Crippen LogP contribution in [0.3, 0.4) is 0 Å². The number of hydrogen-bond donors (Lipinski definition) is 3. The minimum Gasteiger partial charge on any atom is -0.480 e. The lowest BCUT2D eigenvalue weighted by Gasteiger charge is -2.31. The smallest absolute Gasteiger partial charge is 0.329 e. The molecule has 0 radical (unpaired) electrons. The first-order chi connectivity index (χ1) is 9.93. The Bertz CT molecular complexity index is 350. The molecule has 6 heteroatoms. The number of likely N-dealkylation sites (tertiary alicyclic amines) is 1. The van der Waals surface area contributed by atoms with Crippen LogP contribution >= 0.6 is 0 Å². The number of rotatable bonds is 7. The van der Waals surface area contributed by atoms with E-state index in [4.69, 9.17) is 0 Å². The summed E-state index contributed by atoms with van der Waals surface area (Å²) in [4.78, 5) is 25.7. The van der Waals surface area contributed by atoms with Gasteiger partial charge < -0.3 is 20.6 Å². The molecule has 122 valence electrons. The molecule has 0 aromatic carbocycles. The Morgan fingerprint density at radius 3 is 2.24 bits per heavy atom. The summed E-state index contributed by atoms with van der Waals surface area (Å²) in [6, 6.07) is -0.395. The van der Waals surface area contributed by atoms with Crippen LogP contribution in [0.4, 0.5) is 4.79 Å².